The van der Waals surface area contributed by atoms with Crippen molar-refractivity contribution < 1.29 is 9.63 Å². The number of amides is 1. The number of nitrogens with one attached hydrogen (secondary N) is 1. The first-order valence-electron chi connectivity index (χ1n) is 6.52. The van der Waals surface area contributed by atoms with E-state index in [-0.39, 0.29) is 12.5 Å². The van der Waals surface area contributed by atoms with Gasteiger partial charge in [0.25, 0.3) is 5.91 Å². The highest BCUT2D eigenvalue weighted by molar-refractivity contribution is 7.98. The molecule has 2 rings (SSSR count). The van der Waals surface area contributed by atoms with Crippen LogP contribution in [0.15, 0.2) is 58.6 Å². The molecule has 0 atom stereocenters. The van der Waals surface area contributed by atoms with Gasteiger partial charge >= 0.3 is 0 Å². The van der Waals surface area contributed by atoms with Gasteiger partial charge in [-0.15, -0.1) is 11.8 Å². The zero-order valence-corrected chi connectivity index (χ0v) is 13.5. The van der Waals surface area contributed by atoms with Crippen molar-refractivity contribution in [1.29, 1.82) is 0 Å². The summed E-state index contributed by atoms with van der Waals surface area (Å²) in [5.41, 5.74) is 1.57. The largest absolute Gasteiger partial charge is 0.386 e. The van der Waals surface area contributed by atoms with Gasteiger partial charge in [0.05, 0.1) is 6.21 Å². The van der Waals surface area contributed by atoms with Crippen molar-refractivity contribution >= 4 is 41.2 Å². The minimum Gasteiger partial charge on any atom is -0.386 e. The maximum Gasteiger partial charge on any atom is 0.265 e. The van der Waals surface area contributed by atoms with Crippen LogP contribution in [0.25, 0.3) is 0 Å². The second-order valence-electron chi connectivity index (χ2n) is 4.34. The van der Waals surface area contributed by atoms with Gasteiger partial charge in [0.2, 0.25) is 0 Å². The molecule has 0 unspecified atom stereocenters. The van der Waals surface area contributed by atoms with E-state index in [1.54, 1.807) is 23.9 Å². The van der Waals surface area contributed by atoms with Crippen LogP contribution in [-0.2, 0) is 9.63 Å². The average molecular weight is 335 g/mol. The normalized spacial score (nSPS) is 10.6. The maximum atomic E-state index is 11.7. The van der Waals surface area contributed by atoms with E-state index >= 15 is 0 Å². The average Bonchev–Trinajstić information content (AvgIpc) is 2.54. The molecule has 0 aliphatic rings. The van der Waals surface area contributed by atoms with Crippen LogP contribution in [0, 0.1) is 0 Å². The zero-order chi connectivity index (χ0) is 15.8. The fourth-order valence-electron chi connectivity index (χ4n) is 1.61. The minimum absolute atomic E-state index is 0.144. The van der Waals surface area contributed by atoms with Crippen LogP contribution in [0.1, 0.15) is 5.56 Å². The Balaban J connectivity index is 1.76. The van der Waals surface area contributed by atoms with Gasteiger partial charge in [-0.05, 0) is 48.2 Å². The molecule has 114 valence electrons. The minimum atomic E-state index is -0.259. The summed E-state index contributed by atoms with van der Waals surface area (Å²) < 4.78 is 0. The lowest BCUT2D eigenvalue weighted by molar-refractivity contribution is -0.120. The van der Waals surface area contributed by atoms with E-state index in [2.05, 4.69) is 10.5 Å². The predicted octanol–water partition coefficient (Wildman–Crippen LogP) is 4.05. The molecule has 0 radical (unpaired) electrons. The molecule has 0 saturated heterocycles. The molecule has 0 aliphatic heterocycles. The number of carbonyl (C=O) groups excluding carboxylic acids is 1. The van der Waals surface area contributed by atoms with Crippen molar-refractivity contribution in [1.82, 2.24) is 0 Å². The van der Waals surface area contributed by atoms with Crippen LogP contribution in [0.3, 0.4) is 0 Å². The number of thioether (sulfide) groups is 1. The third-order valence-electron chi connectivity index (χ3n) is 2.72. The lowest BCUT2D eigenvalue weighted by Crippen LogP contribution is -2.16. The molecule has 2 aromatic rings. The van der Waals surface area contributed by atoms with Crippen LogP contribution in [0.4, 0.5) is 5.69 Å². The monoisotopic (exact) mass is 334 g/mol. The van der Waals surface area contributed by atoms with Gasteiger partial charge in [0.15, 0.2) is 6.61 Å². The number of rotatable bonds is 6. The highest BCUT2D eigenvalue weighted by Gasteiger charge is 2.02. The molecule has 0 aromatic heterocycles. The van der Waals surface area contributed by atoms with Crippen molar-refractivity contribution in [2.24, 2.45) is 5.16 Å². The number of halogens is 1. The molecule has 0 aliphatic carbocycles. The lowest BCUT2D eigenvalue weighted by atomic mass is 10.2. The lowest BCUT2D eigenvalue weighted by Gasteiger charge is -2.04. The van der Waals surface area contributed by atoms with Gasteiger partial charge < -0.3 is 10.2 Å². The predicted molar refractivity (Wildman–Crippen MR) is 91.9 cm³/mol. The SMILES string of the molecule is CSc1ccc(NC(=O)CO/N=C/c2ccc(Cl)cc2)cc1. The number of benzene rings is 2. The number of carbonyl (C=O) groups is 1. The Hall–Kier alpha value is -1.98. The Labute approximate surface area is 138 Å². The molecular weight excluding hydrogens is 320 g/mol. The van der Waals surface area contributed by atoms with Crippen LogP contribution < -0.4 is 5.32 Å². The zero-order valence-electron chi connectivity index (χ0n) is 12.0. The Morgan fingerprint density at radius 1 is 1.23 bits per heavy atom. The summed E-state index contributed by atoms with van der Waals surface area (Å²) in [5.74, 6) is -0.259. The Kier molecular flexibility index (Phi) is 6.30. The molecule has 0 saturated carbocycles. The summed E-state index contributed by atoms with van der Waals surface area (Å²) in [6.45, 7) is -0.144. The molecular formula is C16H15ClN2O2S. The Morgan fingerprint density at radius 2 is 1.91 bits per heavy atom. The van der Waals surface area contributed by atoms with Gasteiger partial charge in [-0.2, -0.15) is 0 Å². The second-order valence-corrected chi connectivity index (χ2v) is 5.65. The van der Waals surface area contributed by atoms with Crippen LogP contribution in [0.5, 0.6) is 0 Å². The highest BCUT2D eigenvalue weighted by atomic mass is 35.5. The fourth-order valence-corrected chi connectivity index (χ4v) is 2.15. The van der Waals surface area contributed by atoms with Crippen molar-refractivity contribution in [2.45, 2.75) is 4.90 Å². The molecule has 1 amide bonds. The van der Waals surface area contributed by atoms with E-state index in [1.165, 1.54) is 6.21 Å². The van der Waals surface area contributed by atoms with Crippen molar-refractivity contribution in [3.8, 4) is 0 Å². The van der Waals surface area contributed by atoms with Crippen molar-refractivity contribution in [2.75, 3.05) is 18.2 Å². The number of oxime groups is 1. The van der Waals surface area contributed by atoms with Gasteiger partial charge in [-0.1, -0.05) is 28.9 Å². The Morgan fingerprint density at radius 3 is 2.55 bits per heavy atom. The van der Waals surface area contributed by atoms with E-state index in [4.69, 9.17) is 16.4 Å². The molecule has 0 fully saturated rings. The summed E-state index contributed by atoms with van der Waals surface area (Å²) in [5, 5.41) is 7.14. The van der Waals surface area contributed by atoms with Crippen LogP contribution in [0.2, 0.25) is 5.02 Å². The molecule has 6 heteroatoms. The van der Waals surface area contributed by atoms with E-state index in [0.717, 1.165) is 16.1 Å². The molecule has 0 bridgehead atoms. The molecule has 0 heterocycles. The first-order valence-corrected chi connectivity index (χ1v) is 8.12. The van der Waals surface area contributed by atoms with E-state index in [9.17, 15) is 4.79 Å². The van der Waals surface area contributed by atoms with E-state index in [0.29, 0.717) is 5.02 Å². The number of hydrogen-bond acceptors (Lipinski definition) is 4. The van der Waals surface area contributed by atoms with Gasteiger partial charge in [-0.3, -0.25) is 4.79 Å². The van der Waals surface area contributed by atoms with Gasteiger partial charge in [0, 0.05) is 15.6 Å². The van der Waals surface area contributed by atoms with Gasteiger partial charge in [0.1, 0.15) is 0 Å². The smallest absolute Gasteiger partial charge is 0.265 e. The molecule has 1 N–H and O–H groups in total. The second kappa shape index (κ2) is 8.46. The van der Waals surface area contributed by atoms with E-state index in [1.807, 2.05) is 42.7 Å². The van der Waals surface area contributed by atoms with Crippen LogP contribution >= 0.6 is 23.4 Å². The molecule has 22 heavy (non-hydrogen) atoms. The van der Waals surface area contributed by atoms with Crippen molar-refractivity contribution in [3.05, 3.63) is 59.1 Å². The number of hydrogen-bond donors (Lipinski definition) is 1. The molecule has 2 aromatic carbocycles. The fraction of sp³-hybridized carbons (Fsp3) is 0.125. The Bertz CT molecular complexity index is 642. The number of anilines is 1. The first kappa shape index (κ1) is 16.4. The standard InChI is InChI=1S/C16H15ClN2O2S/c1-22-15-8-6-14(7-9-15)19-16(20)11-21-18-10-12-2-4-13(17)5-3-12/h2-10H,11H2,1H3,(H,19,20)/b18-10+. The molecule has 0 spiro atoms. The quantitative estimate of drug-likeness (QED) is 0.492. The third kappa shape index (κ3) is 5.42. The topological polar surface area (TPSA) is 50.7 Å². The van der Waals surface area contributed by atoms with Crippen LogP contribution in [-0.4, -0.2) is 25.0 Å². The summed E-state index contributed by atoms with van der Waals surface area (Å²) >= 11 is 7.43. The third-order valence-corrected chi connectivity index (χ3v) is 3.71. The first-order chi connectivity index (χ1) is 10.7. The van der Waals surface area contributed by atoms with Gasteiger partial charge in [-0.25, -0.2) is 0 Å². The van der Waals surface area contributed by atoms with Crippen molar-refractivity contribution in [3.63, 3.8) is 0 Å². The summed E-state index contributed by atoms with van der Waals surface area (Å²) in [4.78, 5) is 17.8. The highest BCUT2D eigenvalue weighted by Crippen LogP contribution is 2.17. The summed E-state index contributed by atoms with van der Waals surface area (Å²) in [6, 6.07) is 14.7. The summed E-state index contributed by atoms with van der Waals surface area (Å²) in [6.07, 6.45) is 3.52. The number of nitrogens with zero attached hydrogens (tertiary/aromatic N) is 1. The molecule has 4 nitrogen and oxygen atoms in total. The van der Waals surface area contributed by atoms with E-state index < -0.39 is 0 Å². The summed E-state index contributed by atoms with van der Waals surface area (Å²) in [7, 11) is 0. The maximum absolute atomic E-state index is 11.7.